The summed E-state index contributed by atoms with van der Waals surface area (Å²) in [6.45, 7) is 0. The summed E-state index contributed by atoms with van der Waals surface area (Å²) in [5, 5.41) is 12.6. The maximum atomic E-state index is 13.3. The number of nitrogen functional groups attached to an aromatic ring is 1. The summed E-state index contributed by atoms with van der Waals surface area (Å²) in [4.78, 5) is 24.0. The highest BCUT2D eigenvalue weighted by atomic mass is 19.2. The lowest BCUT2D eigenvalue weighted by Crippen LogP contribution is -2.17. The third-order valence-electron chi connectivity index (χ3n) is 6.12. The van der Waals surface area contributed by atoms with Gasteiger partial charge < -0.3 is 25.5 Å². The van der Waals surface area contributed by atoms with E-state index in [4.69, 9.17) is 14.9 Å². The normalized spacial score (nSPS) is 17.6. The number of anilines is 4. The van der Waals surface area contributed by atoms with Crippen molar-refractivity contribution in [3.05, 3.63) is 59.5 Å². The molecule has 1 heterocycles. The number of esters is 1. The van der Waals surface area contributed by atoms with E-state index in [2.05, 4.69) is 20.8 Å². The van der Waals surface area contributed by atoms with Crippen molar-refractivity contribution < 1.29 is 27.5 Å². The number of nitrogens with zero attached hydrogens (tertiary/aromatic N) is 2. The Morgan fingerprint density at radius 2 is 1.86 bits per heavy atom. The molecular weight excluding hydrogens is 460 g/mol. The number of nitrogens with two attached hydrogens (primary N) is 1. The van der Waals surface area contributed by atoms with Gasteiger partial charge in [0, 0.05) is 18.2 Å². The van der Waals surface area contributed by atoms with Gasteiger partial charge in [0.25, 0.3) is 0 Å². The molecule has 1 fully saturated rings. The van der Waals surface area contributed by atoms with Gasteiger partial charge >= 0.3 is 23.8 Å². The van der Waals surface area contributed by atoms with Crippen LogP contribution in [0.5, 0.6) is 0 Å². The molecule has 35 heavy (non-hydrogen) atoms. The molecule has 0 atom stereocenters. The molecule has 1 aliphatic carbocycles. The van der Waals surface area contributed by atoms with Crippen LogP contribution in [0.15, 0.2) is 40.8 Å². The highest BCUT2D eigenvalue weighted by Gasteiger charge is 2.25. The van der Waals surface area contributed by atoms with Crippen molar-refractivity contribution in [1.29, 1.82) is 0 Å². The van der Waals surface area contributed by atoms with Gasteiger partial charge in [-0.3, -0.25) is 9.59 Å². The Kier molecular flexibility index (Phi) is 7.23. The third kappa shape index (κ3) is 5.92. The van der Waals surface area contributed by atoms with Crippen LogP contribution in [0.25, 0.3) is 0 Å². The average molecular weight is 485 g/mol. The van der Waals surface area contributed by atoms with E-state index in [0.29, 0.717) is 29.6 Å². The third-order valence-corrected chi connectivity index (χ3v) is 6.12. The molecule has 1 saturated carbocycles. The lowest BCUT2D eigenvalue weighted by molar-refractivity contribution is -0.142. The summed E-state index contributed by atoms with van der Waals surface area (Å²) in [5.41, 5.74) is 8.22. The second-order valence-corrected chi connectivity index (χ2v) is 8.46. The van der Waals surface area contributed by atoms with Crippen molar-refractivity contribution in [1.82, 2.24) is 10.2 Å². The Bertz CT molecular complexity index is 1220. The van der Waals surface area contributed by atoms with Gasteiger partial charge in [0.2, 0.25) is 0 Å². The standard InChI is InChI=1S/C24H25F2N5O4/c1-34-21(32)10-13-2-4-14(5-3-13)15-6-9-20(19(27)11-15)29-22(33)23-30-31-24(35-23)28-16-7-8-17(25)18(26)12-16/h6-9,11-14H,2-5,10,27H2,1H3,(H,28,31)(H,29,33)/t13-,14-. The number of hydrogen-bond donors (Lipinski definition) is 3. The van der Waals surface area contributed by atoms with Gasteiger partial charge in [-0.1, -0.05) is 11.2 Å². The molecule has 4 N–H and O–H groups in total. The molecule has 0 radical (unpaired) electrons. The van der Waals surface area contributed by atoms with E-state index in [0.717, 1.165) is 43.4 Å². The second kappa shape index (κ2) is 10.5. The highest BCUT2D eigenvalue weighted by Crippen LogP contribution is 2.38. The number of amides is 1. The number of hydrogen-bond acceptors (Lipinski definition) is 8. The number of ether oxygens (including phenoxy) is 1. The summed E-state index contributed by atoms with van der Waals surface area (Å²) in [7, 11) is 1.40. The molecule has 0 unspecified atom stereocenters. The molecule has 184 valence electrons. The zero-order valence-electron chi connectivity index (χ0n) is 19.0. The fraction of sp³-hybridized carbons (Fsp3) is 0.333. The van der Waals surface area contributed by atoms with Gasteiger partial charge in [-0.2, -0.15) is 0 Å². The number of carbonyl (C=O) groups excluding carboxylic acids is 2. The molecule has 0 bridgehead atoms. The van der Waals surface area contributed by atoms with E-state index in [9.17, 15) is 18.4 Å². The minimum Gasteiger partial charge on any atom is -0.469 e. The molecule has 9 nitrogen and oxygen atoms in total. The van der Waals surface area contributed by atoms with Crippen molar-refractivity contribution in [3.8, 4) is 0 Å². The molecule has 11 heteroatoms. The van der Waals surface area contributed by atoms with Crippen LogP contribution in [-0.2, 0) is 9.53 Å². The van der Waals surface area contributed by atoms with Crippen LogP contribution in [0.2, 0.25) is 0 Å². The summed E-state index contributed by atoms with van der Waals surface area (Å²) in [6, 6.07) is 8.48. The van der Waals surface area contributed by atoms with Gasteiger partial charge in [0.15, 0.2) is 11.6 Å². The highest BCUT2D eigenvalue weighted by molar-refractivity contribution is 6.02. The van der Waals surface area contributed by atoms with E-state index in [-0.39, 0.29) is 23.6 Å². The first-order chi connectivity index (χ1) is 16.8. The predicted octanol–water partition coefficient (Wildman–Crippen LogP) is 4.76. The molecular formula is C24H25F2N5O4. The first-order valence-electron chi connectivity index (χ1n) is 11.2. The molecule has 4 rings (SSSR count). The van der Waals surface area contributed by atoms with Gasteiger partial charge in [-0.15, -0.1) is 5.10 Å². The van der Waals surface area contributed by atoms with Gasteiger partial charge in [0.1, 0.15) is 0 Å². The average Bonchev–Trinajstić information content (AvgIpc) is 3.32. The fourth-order valence-electron chi connectivity index (χ4n) is 4.21. The number of methoxy groups -OCH3 is 1. The smallest absolute Gasteiger partial charge is 0.320 e. The van der Waals surface area contributed by atoms with E-state index in [1.54, 1.807) is 6.07 Å². The molecule has 0 saturated heterocycles. The summed E-state index contributed by atoms with van der Waals surface area (Å²) in [5.74, 6) is -2.54. The second-order valence-electron chi connectivity index (χ2n) is 8.46. The SMILES string of the molecule is COC(=O)C[C@H]1CC[C@H](c2ccc(NC(=O)c3nnc(Nc4ccc(F)c(F)c4)o3)c(N)c2)CC1. The summed E-state index contributed by atoms with van der Waals surface area (Å²) >= 11 is 0. The summed E-state index contributed by atoms with van der Waals surface area (Å²) < 4.78 is 36.4. The first-order valence-corrected chi connectivity index (χ1v) is 11.2. The van der Waals surface area contributed by atoms with E-state index < -0.39 is 17.5 Å². The van der Waals surface area contributed by atoms with E-state index in [1.165, 1.54) is 13.2 Å². The minimum absolute atomic E-state index is 0.160. The molecule has 0 spiro atoms. The van der Waals surface area contributed by atoms with Crippen molar-refractivity contribution in [3.63, 3.8) is 0 Å². The largest absolute Gasteiger partial charge is 0.469 e. The topological polar surface area (TPSA) is 132 Å². The maximum Gasteiger partial charge on any atom is 0.320 e. The number of rotatable bonds is 7. The Hall–Kier alpha value is -4.02. The van der Waals surface area contributed by atoms with Crippen molar-refractivity contribution in [2.24, 2.45) is 5.92 Å². The lowest BCUT2D eigenvalue weighted by Gasteiger charge is -2.28. The van der Waals surface area contributed by atoms with Crippen LogP contribution in [-0.4, -0.2) is 29.2 Å². The number of nitrogens with one attached hydrogen (secondary N) is 2. The van der Waals surface area contributed by atoms with Crippen LogP contribution in [0.4, 0.5) is 31.9 Å². The maximum absolute atomic E-state index is 13.3. The quantitative estimate of drug-likeness (QED) is 0.322. The molecule has 1 aromatic heterocycles. The molecule has 3 aromatic rings. The van der Waals surface area contributed by atoms with Crippen LogP contribution in [0, 0.1) is 17.6 Å². The van der Waals surface area contributed by atoms with Crippen LogP contribution in [0.3, 0.4) is 0 Å². The van der Waals surface area contributed by atoms with Gasteiger partial charge in [-0.25, -0.2) is 8.78 Å². The minimum atomic E-state index is -1.04. The predicted molar refractivity (Wildman–Crippen MR) is 124 cm³/mol. The Labute approximate surface area is 200 Å². The van der Waals surface area contributed by atoms with E-state index >= 15 is 0 Å². The fourth-order valence-corrected chi connectivity index (χ4v) is 4.21. The van der Waals surface area contributed by atoms with Crippen LogP contribution in [0.1, 0.15) is 54.3 Å². The number of halogens is 2. The molecule has 2 aromatic carbocycles. The van der Waals surface area contributed by atoms with Crippen LogP contribution >= 0.6 is 0 Å². The molecule has 0 aliphatic heterocycles. The van der Waals surface area contributed by atoms with Crippen LogP contribution < -0.4 is 16.4 Å². The van der Waals surface area contributed by atoms with Gasteiger partial charge in [-0.05, 0) is 67.3 Å². The zero-order chi connectivity index (χ0) is 24.9. The molecule has 1 aliphatic rings. The van der Waals surface area contributed by atoms with Crippen molar-refractivity contribution >= 4 is 35.0 Å². The number of benzene rings is 2. The Morgan fingerprint density at radius 1 is 1.09 bits per heavy atom. The lowest BCUT2D eigenvalue weighted by atomic mass is 9.77. The number of carbonyl (C=O) groups is 2. The van der Waals surface area contributed by atoms with E-state index in [1.807, 2.05) is 12.1 Å². The Balaban J connectivity index is 1.35. The first kappa shape index (κ1) is 24.1. The van der Waals surface area contributed by atoms with Gasteiger partial charge in [0.05, 0.1) is 18.5 Å². The zero-order valence-corrected chi connectivity index (χ0v) is 19.0. The Morgan fingerprint density at radius 3 is 2.54 bits per heavy atom. The van der Waals surface area contributed by atoms with Crippen molar-refractivity contribution in [2.75, 3.05) is 23.5 Å². The number of aromatic nitrogens is 2. The van der Waals surface area contributed by atoms with Crippen molar-refractivity contribution in [2.45, 2.75) is 38.0 Å². The monoisotopic (exact) mass is 485 g/mol. The summed E-state index contributed by atoms with van der Waals surface area (Å²) in [6.07, 6.45) is 4.22. The molecule has 1 amide bonds.